The molecule has 0 amide bonds. The molecule has 0 saturated heterocycles. The van der Waals surface area contributed by atoms with Crippen LogP contribution in [0.4, 0.5) is 5.69 Å². The van der Waals surface area contributed by atoms with E-state index in [1.807, 2.05) is 38.1 Å². The average Bonchev–Trinajstić information content (AvgIpc) is 2.32. The molecule has 0 aliphatic rings. The first-order chi connectivity index (χ1) is 8.49. The Morgan fingerprint density at radius 2 is 1.61 bits per heavy atom. The molecule has 0 aliphatic carbocycles. The van der Waals surface area contributed by atoms with Crippen LogP contribution < -0.4 is 5.73 Å². The molecule has 0 atom stereocenters. The van der Waals surface area contributed by atoms with Crippen LogP contribution in [-0.4, -0.2) is 17.7 Å². The lowest BCUT2D eigenvalue weighted by Crippen LogP contribution is -2.15. The van der Waals surface area contributed by atoms with Gasteiger partial charge < -0.3 is 14.8 Å². The third-order valence-electron chi connectivity index (χ3n) is 2.18. The predicted octanol–water partition coefficient (Wildman–Crippen LogP) is 4.48. The minimum Gasteiger partial charge on any atom is -0.399 e. The quantitative estimate of drug-likeness (QED) is 0.456. The van der Waals surface area contributed by atoms with Crippen LogP contribution in [-0.2, 0) is 9.05 Å². The second-order valence-electron chi connectivity index (χ2n) is 4.21. The number of rotatable bonds is 7. The van der Waals surface area contributed by atoms with E-state index < -0.39 is 8.38 Å². The van der Waals surface area contributed by atoms with Gasteiger partial charge in [-0.3, -0.25) is 0 Å². The fourth-order valence-electron chi connectivity index (χ4n) is 1.44. The van der Waals surface area contributed by atoms with E-state index in [1.165, 1.54) is 4.90 Å². The molecule has 0 fully saturated rings. The van der Waals surface area contributed by atoms with Crippen molar-refractivity contribution >= 4 is 25.8 Å². The molecule has 0 aromatic heterocycles. The van der Waals surface area contributed by atoms with Crippen molar-refractivity contribution in [3.63, 3.8) is 0 Å². The van der Waals surface area contributed by atoms with Crippen molar-refractivity contribution in [1.29, 1.82) is 0 Å². The van der Waals surface area contributed by atoms with Gasteiger partial charge in [0.1, 0.15) is 0 Å². The highest BCUT2D eigenvalue weighted by molar-refractivity contribution is 8.05. The molecular formula is C13H22NO2PS. The van der Waals surface area contributed by atoms with Gasteiger partial charge in [0.05, 0.1) is 17.7 Å². The lowest BCUT2D eigenvalue weighted by molar-refractivity contribution is 0.262. The summed E-state index contributed by atoms with van der Waals surface area (Å²) in [6.45, 7) is 9.67. The number of thioether (sulfide) groups is 1. The summed E-state index contributed by atoms with van der Waals surface area (Å²) in [5.74, 6) is 0. The Morgan fingerprint density at radius 3 is 2.06 bits per heavy atom. The fraction of sp³-hybridized carbons (Fsp3) is 0.538. The Balaban J connectivity index is 2.74. The Kier molecular flexibility index (Phi) is 6.44. The first kappa shape index (κ1) is 15.8. The van der Waals surface area contributed by atoms with Crippen LogP contribution in [0, 0.1) is 0 Å². The predicted molar refractivity (Wildman–Crippen MR) is 81.0 cm³/mol. The van der Waals surface area contributed by atoms with Crippen molar-refractivity contribution in [3.8, 4) is 0 Å². The van der Waals surface area contributed by atoms with Crippen molar-refractivity contribution in [2.24, 2.45) is 0 Å². The van der Waals surface area contributed by atoms with Crippen molar-refractivity contribution in [2.75, 3.05) is 18.9 Å². The van der Waals surface area contributed by atoms with Gasteiger partial charge in [-0.1, -0.05) is 0 Å². The molecule has 0 bridgehead atoms. The maximum absolute atomic E-state index is 5.74. The van der Waals surface area contributed by atoms with E-state index in [2.05, 4.69) is 13.8 Å². The van der Waals surface area contributed by atoms with Gasteiger partial charge in [0.2, 0.25) is 0 Å². The largest absolute Gasteiger partial charge is 0.399 e. The standard InChI is InChI=1S/C13H22NO2PS/c1-5-15-17(16-6-2)13(3,4)18-12-9-7-11(14)8-10-12/h7-10H,5-6,14H2,1-4H3. The third-order valence-corrected chi connectivity index (χ3v) is 5.77. The van der Waals surface area contributed by atoms with E-state index in [0.29, 0.717) is 13.2 Å². The van der Waals surface area contributed by atoms with Crippen LogP contribution in [0.15, 0.2) is 29.2 Å². The molecule has 3 nitrogen and oxygen atoms in total. The van der Waals surface area contributed by atoms with Crippen molar-refractivity contribution in [1.82, 2.24) is 0 Å². The fourth-order valence-corrected chi connectivity index (χ4v) is 4.39. The maximum Gasteiger partial charge on any atom is 0.187 e. The molecule has 0 unspecified atom stereocenters. The Bertz CT molecular complexity index is 351. The number of hydrogen-bond donors (Lipinski definition) is 1. The number of nitrogen functional groups attached to an aromatic ring is 1. The van der Waals surface area contributed by atoms with Crippen LogP contribution in [0.5, 0.6) is 0 Å². The first-order valence-electron chi connectivity index (χ1n) is 6.10. The van der Waals surface area contributed by atoms with Crippen molar-refractivity contribution in [3.05, 3.63) is 24.3 Å². The number of benzene rings is 1. The molecule has 0 saturated carbocycles. The topological polar surface area (TPSA) is 44.5 Å². The summed E-state index contributed by atoms with van der Waals surface area (Å²) in [4.78, 5) is 1.18. The van der Waals surface area contributed by atoms with E-state index >= 15 is 0 Å². The summed E-state index contributed by atoms with van der Waals surface area (Å²) in [5, 5.41) is 0. The highest BCUT2D eigenvalue weighted by Crippen LogP contribution is 2.58. The molecule has 2 N–H and O–H groups in total. The second kappa shape index (κ2) is 7.34. The highest BCUT2D eigenvalue weighted by Gasteiger charge is 2.33. The molecule has 1 rings (SSSR count). The molecule has 0 spiro atoms. The summed E-state index contributed by atoms with van der Waals surface area (Å²) in [6.07, 6.45) is 0. The summed E-state index contributed by atoms with van der Waals surface area (Å²) in [5.41, 5.74) is 6.48. The minimum atomic E-state index is -0.904. The van der Waals surface area contributed by atoms with E-state index in [4.69, 9.17) is 14.8 Å². The zero-order chi connectivity index (χ0) is 13.6. The van der Waals surface area contributed by atoms with Gasteiger partial charge in [-0.2, -0.15) is 0 Å². The van der Waals surface area contributed by atoms with E-state index in [1.54, 1.807) is 11.8 Å². The first-order valence-corrected chi connectivity index (χ1v) is 8.09. The molecule has 102 valence electrons. The number of anilines is 1. The monoisotopic (exact) mass is 287 g/mol. The van der Waals surface area contributed by atoms with E-state index in [-0.39, 0.29) is 4.49 Å². The van der Waals surface area contributed by atoms with E-state index in [9.17, 15) is 0 Å². The maximum atomic E-state index is 5.74. The molecule has 18 heavy (non-hydrogen) atoms. The Morgan fingerprint density at radius 1 is 1.11 bits per heavy atom. The average molecular weight is 287 g/mol. The SMILES string of the molecule is CCOP(OCC)C(C)(C)Sc1ccc(N)cc1. The van der Waals surface area contributed by atoms with Gasteiger partial charge in [-0.25, -0.2) is 0 Å². The van der Waals surface area contributed by atoms with Crippen LogP contribution in [0.3, 0.4) is 0 Å². The number of nitrogens with two attached hydrogens (primary N) is 1. The van der Waals surface area contributed by atoms with Crippen LogP contribution >= 0.6 is 20.1 Å². The third kappa shape index (κ3) is 4.77. The molecule has 0 radical (unpaired) electrons. The van der Waals surface area contributed by atoms with Gasteiger partial charge in [-0.05, 0) is 52.0 Å². The molecule has 1 aromatic carbocycles. The van der Waals surface area contributed by atoms with Crippen molar-refractivity contribution < 1.29 is 9.05 Å². The lowest BCUT2D eigenvalue weighted by atomic mass is 10.3. The minimum absolute atomic E-state index is 0.0858. The summed E-state index contributed by atoms with van der Waals surface area (Å²) < 4.78 is 11.4. The summed E-state index contributed by atoms with van der Waals surface area (Å²) in [6, 6.07) is 7.91. The lowest BCUT2D eigenvalue weighted by Gasteiger charge is -2.31. The zero-order valence-electron chi connectivity index (χ0n) is 11.5. The highest BCUT2D eigenvalue weighted by atomic mass is 32.2. The van der Waals surface area contributed by atoms with Crippen molar-refractivity contribution in [2.45, 2.75) is 37.1 Å². The van der Waals surface area contributed by atoms with Crippen LogP contribution in [0.1, 0.15) is 27.7 Å². The number of hydrogen-bond acceptors (Lipinski definition) is 4. The van der Waals surface area contributed by atoms with Crippen LogP contribution in [0.25, 0.3) is 0 Å². The van der Waals surface area contributed by atoms with Gasteiger partial charge in [0.25, 0.3) is 0 Å². The Hall–Kier alpha value is -0.280. The van der Waals surface area contributed by atoms with E-state index in [0.717, 1.165) is 5.69 Å². The summed E-state index contributed by atoms with van der Waals surface area (Å²) >= 11 is 1.77. The molecule has 5 heteroatoms. The molecular weight excluding hydrogens is 265 g/mol. The Labute approximate surface area is 115 Å². The normalized spacial score (nSPS) is 12.1. The molecule has 1 aromatic rings. The van der Waals surface area contributed by atoms with Gasteiger partial charge in [0.15, 0.2) is 8.38 Å². The molecule has 0 aliphatic heterocycles. The zero-order valence-corrected chi connectivity index (χ0v) is 13.2. The smallest absolute Gasteiger partial charge is 0.187 e. The summed E-state index contributed by atoms with van der Waals surface area (Å²) in [7, 11) is -0.904. The van der Waals surface area contributed by atoms with Crippen LogP contribution in [0.2, 0.25) is 0 Å². The van der Waals surface area contributed by atoms with Gasteiger partial charge >= 0.3 is 0 Å². The molecule has 0 heterocycles. The van der Waals surface area contributed by atoms with Gasteiger partial charge in [0, 0.05) is 10.6 Å². The second-order valence-corrected chi connectivity index (χ2v) is 8.36. The van der Waals surface area contributed by atoms with Gasteiger partial charge in [-0.15, -0.1) is 11.8 Å².